The van der Waals surface area contributed by atoms with Gasteiger partial charge in [-0.15, -0.1) is 0 Å². The Balaban J connectivity index is 1.09. The summed E-state index contributed by atoms with van der Waals surface area (Å²) < 4.78 is 90.8. The predicted octanol–water partition coefficient (Wildman–Crippen LogP) is 9.73. The molecule has 1 aromatic heterocycles. The van der Waals surface area contributed by atoms with Crippen LogP contribution in [0.25, 0.3) is 5.69 Å². The van der Waals surface area contributed by atoms with Gasteiger partial charge in [0.1, 0.15) is 30.0 Å². The van der Waals surface area contributed by atoms with E-state index in [4.69, 9.17) is 33.2 Å². The molecule has 5 aromatic carbocycles. The van der Waals surface area contributed by atoms with Gasteiger partial charge in [0.05, 0.1) is 78.7 Å². The molecule has 2 bridgehead atoms. The number of benzene rings is 5. The third kappa shape index (κ3) is 8.96. The minimum atomic E-state index is -4.88. The minimum absolute atomic E-state index is 0.0765. The van der Waals surface area contributed by atoms with Crippen molar-refractivity contribution in [3.8, 4) is 23.5 Å². The summed E-state index contributed by atoms with van der Waals surface area (Å²) in [6.45, 7) is 4.39. The molecule has 0 saturated carbocycles. The Morgan fingerprint density at radius 3 is 1.71 bits per heavy atom. The van der Waals surface area contributed by atoms with Crippen LogP contribution in [0.4, 0.5) is 13.2 Å². The number of hydrogen-bond donors (Lipinski definition) is 2. The molecule has 11 nitrogen and oxygen atoms in total. The van der Waals surface area contributed by atoms with Crippen molar-refractivity contribution < 1.29 is 56.5 Å². The number of hydrogen-bond acceptors (Lipinski definition) is 10. The van der Waals surface area contributed by atoms with Crippen molar-refractivity contribution in [2.45, 2.75) is 101 Å². The number of ether oxygens (including phenoxy) is 7. The van der Waals surface area contributed by atoms with Crippen molar-refractivity contribution in [1.29, 1.82) is 5.26 Å². The number of rotatable bonds is 16. The Kier molecular flexibility index (Phi) is 12.8. The minimum Gasteiger partial charge on any atom is -0.494 e. The van der Waals surface area contributed by atoms with E-state index in [0.717, 1.165) is 39.0 Å². The Hall–Kier alpha value is -6.02. The van der Waals surface area contributed by atoms with Gasteiger partial charge < -0.3 is 43.4 Å². The van der Waals surface area contributed by atoms with Crippen LogP contribution < -0.4 is 0 Å². The zero-order chi connectivity index (χ0) is 46.1. The number of aromatic nitrogens is 1. The lowest BCUT2D eigenvalue weighted by Crippen LogP contribution is -2.62. The standard InChI is InChI=1S/C52H49F3N2O9/c1-50-26-41(51(2,66-50)43-42(50)47(58)57(48(43)59)38-24-23-37(27-56)39(25-38)52(53,54)55)65-49-46(63-31-36-21-13-6-14-22-36)45(62-30-35-19-11-5-12-20-35)44(61-29-34-17-9-4-10-18-34)40(64-49)32-60-28-33-15-7-3-8-16-33/h3-25,40-41,44-46,49,58-59H,26,28-32H2,1-2H3/t40-,41-,44-,45+,46-,49?,50?,51?/m1/s1. The first-order valence-electron chi connectivity index (χ1n) is 21.7. The SMILES string of the molecule is CC12C[C@@H](OC3O[C@H](COCc4ccccc4)[C@@H](OCc4ccccc4)[C@H](OCc4ccccc4)[C@H]3OCc3ccccc3)C(C)(O1)c1c2c(O)n(-c2ccc(C#N)c(C(F)(F)F)c2)c1O. The Morgan fingerprint density at radius 1 is 0.682 bits per heavy atom. The van der Waals surface area contributed by atoms with Crippen molar-refractivity contribution >= 4 is 0 Å². The quantitative estimate of drug-likeness (QED) is 0.0968. The average molecular weight is 903 g/mol. The first-order valence-corrected chi connectivity index (χ1v) is 21.7. The highest BCUT2D eigenvalue weighted by Crippen LogP contribution is 2.65. The number of halogens is 3. The van der Waals surface area contributed by atoms with Gasteiger partial charge in [-0.2, -0.15) is 18.4 Å². The van der Waals surface area contributed by atoms with E-state index in [1.165, 1.54) is 6.07 Å². The van der Waals surface area contributed by atoms with E-state index >= 15 is 0 Å². The van der Waals surface area contributed by atoms with E-state index in [1.54, 1.807) is 19.9 Å². The molecular formula is C52H49F3N2O9. The summed E-state index contributed by atoms with van der Waals surface area (Å²) in [4.78, 5) is 0. The lowest BCUT2D eigenvalue weighted by atomic mass is 9.78. The normalized spacial score (nSPS) is 25.7. The molecule has 66 heavy (non-hydrogen) atoms. The second-order valence-corrected chi connectivity index (χ2v) is 17.2. The smallest absolute Gasteiger partial charge is 0.417 e. The van der Waals surface area contributed by atoms with Gasteiger partial charge in [-0.1, -0.05) is 121 Å². The fourth-order valence-corrected chi connectivity index (χ4v) is 9.45. The van der Waals surface area contributed by atoms with E-state index < -0.39 is 77.1 Å². The van der Waals surface area contributed by atoms with E-state index in [-0.39, 0.29) is 49.7 Å². The van der Waals surface area contributed by atoms with Crippen molar-refractivity contribution in [1.82, 2.24) is 4.57 Å². The molecule has 3 unspecified atom stereocenters. The van der Waals surface area contributed by atoms with Crippen LogP contribution in [-0.2, 0) is 77.0 Å². The highest BCUT2D eigenvalue weighted by atomic mass is 19.4. The van der Waals surface area contributed by atoms with Crippen molar-refractivity contribution in [3.63, 3.8) is 0 Å². The molecule has 6 aromatic rings. The third-order valence-electron chi connectivity index (χ3n) is 12.6. The largest absolute Gasteiger partial charge is 0.494 e. The van der Waals surface area contributed by atoms with Crippen LogP contribution in [0.5, 0.6) is 11.8 Å². The molecule has 2 N–H and O–H groups in total. The Morgan fingerprint density at radius 2 is 1.18 bits per heavy atom. The van der Waals surface area contributed by atoms with E-state index in [9.17, 15) is 28.6 Å². The van der Waals surface area contributed by atoms with E-state index in [1.807, 2.05) is 121 Å². The van der Waals surface area contributed by atoms with Crippen LogP contribution >= 0.6 is 0 Å². The first-order chi connectivity index (χ1) is 31.9. The first kappa shape index (κ1) is 45.1. The van der Waals surface area contributed by atoms with Gasteiger partial charge in [0.2, 0.25) is 11.8 Å². The molecule has 2 saturated heterocycles. The maximum Gasteiger partial charge on any atom is 0.417 e. The highest BCUT2D eigenvalue weighted by molar-refractivity contribution is 5.62. The van der Waals surface area contributed by atoms with Crippen LogP contribution in [0.1, 0.15) is 64.8 Å². The van der Waals surface area contributed by atoms with Gasteiger partial charge in [0.25, 0.3) is 0 Å². The van der Waals surface area contributed by atoms with Gasteiger partial charge in [-0.05, 0) is 54.3 Å². The van der Waals surface area contributed by atoms with Gasteiger partial charge in [0.15, 0.2) is 6.29 Å². The monoisotopic (exact) mass is 902 g/mol. The zero-order valence-electron chi connectivity index (χ0n) is 36.3. The second-order valence-electron chi connectivity index (χ2n) is 17.2. The maximum atomic E-state index is 14.1. The molecule has 342 valence electrons. The molecule has 8 atom stereocenters. The predicted molar refractivity (Wildman–Crippen MR) is 234 cm³/mol. The lowest BCUT2D eigenvalue weighted by Gasteiger charge is -2.47. The second kappa shape index (κ2) is 18.7. The molecular weight excluding hydrogens is 854 g/mol. The van der Waals surface area contributed by atoms with Crippen LogP contribution in [0, 0.1) is 11.3 Å². The molecule has 9 rings (SSSR count). The average Bonchev–Trinajstić information content (AvgIpc) is 3.86. The maximum absolute atomic E-state index is 14.1. The van der Waals surface area contributed by atoms with Crippen LogP contribution in [0.15, 0.2) is 140 Å². The Bertz CT molecular complexity index is 2650. The molecule has 3 aliphatic rings. The van der Waals surface area contributed by atoms with E-state index in [2.05, 4.69) is 0 Å². The van der Waals surface area contributed by atoms with Gasteiger partial charge in [-0.3, -0.25) is 4.57 Å². The van der Waals surface area contributed by atoms with Gasteiger partial charge in [-0.25, -0.2) is 0 Å². The van der Waals surface area contributed by atoms with Crippen molar-refractivity contribution in [3.05, 3.63) is 184 Å². The van der Waals surface area contributed by atoms with Crippen LogP contribution in [0.2, 0.25) is 0 Å². The summed E-state index contributed by atoms with van der Waals surface area (Å²) in [7, 11) is 0. The summed E-state index contributed by atoms with van der Waals surface area (Å²) in [6.07, 6.45) is -9.99. The number of alkyl halides is 3. The van der Waals surface area contributed by atoms with Gasteiger partial charge >= 0.3 is 6.18 Å². The molecule has 2 fully saturated rings. The molecule has 4 heterocycles. The number of fused-ring (bicyclic) bond motifs is 5. The summed E-state index contributed by atoms with van der Waals surface area (Å²) in [6, 6.07) is 43.4. The third-order valence-corrected chi connectivity index (χ3v) is 12.6. The van der Waals surface area contributed by atoms with Crippen molar-refractivity contribution in [2.24, 2.45) is 0 Å². The van der Waals surface area contributed by atoms with Gasteiger partial charge in [0, 0.05) is 6.42 Å². The summed E-state index contributed by atoms with van der Waals surface area (Å²) in [5, 5.41) is 33.1. The molecule has 0 amide bonds. The van der Waals surface area contributed by atoms with E-state index in [0.29, 0.717) is 6.61 Å². The molecule has 0 aliphatic carbocycles. The number of aromatic hydroxyl groups is 2. The topological polar surface area (TPSA) is 134 Å². The Labute approximate surface area is 380 Å². The molecule has 0 radical (unpaired) electrons. The number of nitrogens with zero attached hydrogens (tertiary/aromatic N) is 2. The molecule has 14 heteroatoms. The number of nitriles is 1. The zero-order valence-corrected chi connectivity index (χ0v) is 36.3. The van der Waals surface area contributed by atoms with Crippen molar-refractivity contribution in [2.75, 3.05) is 6.61 Å². The molecule has 0 spiro atoms. The molecule has 3 aliphatic heterocycles. The summed E-state index contributed by atoms with van der Waals surface area (Å²) >= 11 is 0. The summed E-state index contributed by atoms with van der Waals surface area (Å²) in [5.41, 5.74) is -0.650. The lowest BCUT2D eigenvalue weighted by molar-refractivity contribution is -0.341. The fraction of sp³-hybridized carbons (Fsp3) is 0.327. The van der Waals surface area contributed by atoms with Crippen LogP contribution in [-0.4, -0.2) is 58.2 Å². The van der Waals surface area contributed by atoms with Crippen LogP contribution in [0.3, 0.4) is 0 Å². The summed E-state index contributed by atoms with van der Waals surface area (Å²) in [5.74, 6) is -1.03. The highest BCUT2D eigenvalue weighted by Gasteiger charge is 2.66. The fourth-order valence-electron chi connectivity index (χ4n) is 9.45.